The standard InChI is InChI=1S/C17H13N7O2/c1-2-23-14-4-3-10(7-13(14)21-22-23)12-8-15(25)24-16(20-12)11(9-19-24)17-18-5-6-26-17/h3-9,20H,2H2,1H3. The van der Waals surface area contributed by atoms with E-state index >= 15 is 0 Å². The molecule has 0 aliphatic rings. The van der Waals surface area contributed by atoms with Gasteiger partial charge < -0.3 is 9.40 Å². The van der Waals surface area contributed by atoms with Gasteiger partial charge in [-0.1, -0.05) is 11.3 Å². The fourth-order valence-corrected chi connectivity index (χ4v) is 3.03. The van der Waals surface area contributed by atoms with Crippen molar-refractivity contribution in [3.05, 3.63) is 53.3 Å². The number of hydrogen-bond acceptors (Lipinski definition) is 6. The lowest BCUT2D eigenvalue weighted by Gasteiger charge is -2.04. The highest BCUT2D eigenvalue weighted by atomic mass is 16.3. The lowest BCUT2D eigenvalue weighted by Crippen LogP contribution is -2.14. The first kappa shape index (κ1) is 14.6. The third-order valence-electron chi connectivity index (χ3n) is 4.29. The first-order valence-electron chi connectivity index (χ1n) is 8.09. The molecular weight excluding hydrogens is 334 g/mol. The summed E-state index contributed by atoms with van der Waals surface area (Å²) in [5, 5.41) is 12.4. The number of nitrogens with one attached hydrogen (secondary N) is 1. The molecular formula is C17H13N7O2. The molecule has 1 N–H and O–H groups in total. The van der Waals surface area contributed by atoms with Gasteiger partial charge in [0.2, 0.25) is 5.89 Å². The maximum absolute atomic E-state index is 12.5. The van der Waals surface area contributed by atoms with E-state index in [1.54, 1.807) is 12.4 Å². The molecule has 1 aromatic carbocycles. The van der Waals surface area contributed by atoms with E-state index in [2.05, 4.69) is 25.4 Å². The molecule has 0 aliphatic heterocycles. The van der Waals surface area contributed by atoms with Gasteiger partial charge >= 0.3 is 0 Å². The van der Waals surface area contributed by atoms with Gasteiger partial charge in [-0.15, -0.1) is 5.10 Å². The van der Waals surface area contributed by atoms with Crippen LogP contribution in [0.25, 0.3) is 39.4 Å². The highest BCUT2D eigenvalue weighted by Gasteiger charge is 2.15. The predicted molar refractivity (Wildman–Crippen MR) is 93.5 cm³/mol. The molecule has 0 unspecified atom stereocenters. The van der Waals surface area contributed by atoms with Crippen LogP contribution in [-0.2, 0) is 6.54 Å². The van der Waals surface area contributed by atoms with E-state index in [9.17, 15) is 4.79 Å². The SMILES string of the molecule is CCn1nnc2cc(-c3cc(=O)n4ncc(-c5ncco5)c4[nH]3)ccc21. The number of nitrogens with zero attached hydrogens (tertiary/aromatic N) is 6. The van der Waals surface area contributed by atoms with Crippen LogP contribution >= 0.6 is 0 Å². The quantitative estimate of drug-likeness (QED) is 0.536. The minimum Gasteiger partial charge on any atom is -0.444 e. The van der Waals surface area contributed by atoms with Crippen LogP contribution in [0, 0.1) is 0 Å². The smallest absolute Gasteiger partial charge is 0.274 e. The Labute approximate surface area is 145 Å². The van der Waals surface area contributed by atoms with Gasteiger partial charge in [0.05, 0.1) is 23.6 Å². The number of H-pyrrole nitrogens is 1. The summed E-state index contributed by atoms with van der Waals surface area (Å²) in [7, 11) is 0. The number of aromatic nitrogens is 7. The zero-order valence-corrected chi connectivity index (χ0v) is 13.7. The number of oxazole rings is 1. The molecule has 0 amide bonds. The van der Waals surface area contributed by atoms with E-state index < -0.39 is 0 Å². The van der Waals surface area contributed by atoms with Crippen LogP contribution in [0.3, 0.4) is 0 Å². The number of fused-ring (bicyclic) bond motifs is 2. The Morgan fingerprint density at radius 3 is 3.00 bits per heavy atom. The summed E-state index contributed by atoms with van der Waals surface area (Å²) in [4.78, 5) is 19.8. The summed E-state index contributed by atoms with van der Waals surface area (Å²) in [6, 6.07) is 7.28. The van der Waals surface area contributed by atoms with E-state index in [0.29, 0.717) is 22.8 Å². The number of aryl methyl sites for hydroxylation is 1. The van der Waals surface area contributed by atoms with Gasteiger partial charge in [-0.3, -0.25) is 4.79 Å². The number of rotatable bonds is 3. The molecule has 0 spiro atoms. The molecule has 5 aromatic rings. The van der Waals surface area contributed by atoms with Crippen LogP contribution in [0.15, 0.2) is 52.1 Å². The van der Waals surface area contributed by atoms with Crippen molar-refractivity contribution in [3.8, 4) is 22.7 Å². The largest absolute Gasteiger partial charge is 0.444 e. The topological polar surface area (TPSA) is 107 Å². The van der Waals surface area contributed by atoms with Crippen molar-refractivity contribution in [2.24, 2.45) is 0 Å². The van der Waals surface area contributed by atoms with Gasteiger partial charge in [-0.25, -0.2) is 9.67 Å². The third-order valence-corrected chi connectivity index (χ3v) is 4.29. The van der Waals surface area contributed by atoms with Gasteiger partial charge in [0, 0.05) is 18.2 Å². The third kappa shape index (κ3) is 2.07. The number of benzene rings is 1. The van der Waals surface area contributed by atoms with Crippen LogP contribution in [0.2, 0.25) is 0 Å². The highest BCUT2D eigenvalue weighted by Crippen LogP contribution is 2.25. The highest BCUT2D eigenvalue weighted by molar-refractivity contribution is 5.81. The predicted octanol–water partition coefficient (Wildman–Crippen LogP) is 2.11. The van der Waals surface area contributed by atoms with Crippen molar-refractivity contribution in [1.29, 1.82) is 0 Å². The van der Waals surface area contributed by atoms with E-state index in [-0.39, 0.29) is 5.56 Å². The molecule has 0 aliphatic carbocycles. The van der Waals surface area contributed by atoms with Crippen molar-refractivity contribution in [2.75, 3.05) is 0 Å². The molecule has 4 aromatic heterocycles. The zero-order chi connectivity index (χ0) is 17.7. The minimum atomic E-state index is -0.246. The zero-order valence-electron chi connectivity index (χ0n) is 13.7. The second-order valence-corrected chi connectivity index (χ2v) is 5.79. The molecule has 128 valence electrons. The monoisotopic (exact) mass is 347 g/mol. The van der Waals surface area contributed by atoms with Crippen molar-refractivity contribution < 1.29 is 4.42 Å². The summed E-state index contributed by atoms with van der Waals surface area (Å²) in [5.41, 5.74) is 4.10. The van der Waals surface area contributed by atoms with E-state index in [1.165, 1.54) is 16.8 Å². The van der Waals surface area contributed by atoms with Gasteiger partial charge in [0.15, 0.2) is 5.65 Å². The van der Waals surface area contributed by atoms with Crippen LogP contribution in [-0.4, -0.2) is 34.6 Å². The molecule has 26 heavy (non-hydrogen) atoms. The molecule has 0 atom stereocenters. The van der Waals surface area contributed by atoms with Crippen molar-refractivity contribution in [2.45, 2.75) is 13.5 Å². The Morgan fingerprint density at radius 1 is 1.27 bits per heavy atom. The Hall–Kier alpha value is -3.75. The fraction of sp³-hybridized carbons (Fsp3) is 0.118. The first-order chi connectivity index (χ1) is 12.7. The van der Waals surface area contributed by atoms with Crippen LogP contribution in [0.1, 0.15) is 6.92 Å². The molecule has 9 nitrogen and oxygen atoms in total. The molecule has 0 saturated heterocycles. The normalized spacial score (nSPS) is 11.6. The molecule has 0 radical (unpaired) electrons. The van der Waals surface area contributed by atoms with Gasteiger partial charge in [0.1, 0.15) is 17.3 Å². The number of aromatic amines is 1. The minimum absolute atomic E-state index is 0.246. The molecule has 9 heteroatoms. The van der Waals surface area contributed by atoms with Crippen molar-refractivity contribution in [3.63, 3.8) is 0 Å². The van der Waals surface area contributed by atoms with Crippen molar-refractivity contribution in [1.82, 2.24) is 34.6 Å². The van der Waals surface area contributed by atoms with Crippen LogP contribution < -0.4 is 5.56 Å². The lowest BCUT2D eigenvalue weighted by molar-refractivity contribution is 0.575. The van der Waals surface area contributed by atoms with Crippen LogP contribution in [0.5, 0.6) is 0 Å². The molecule has 4 heterocycles. The molecule has 5 rings (SSSR count). The summed E-state index contributed by atoms with van der Waals surface area (Å²) in [6.45, 7) is 2.76. The lowest BCUT2D eigenvalue weighted by atomic mass is 10.1. The van der Waals surface area contributed by atoms with Crippen molar-refractivity contribution >= 4 is 16.7 Å². The van der Waals surface area contributed by atoms with Gasteiger partial charge in [-0.2, -0.15) is 9.61 Å². The average molecular weight is 347 g/mol. The average Bonchev–Trinajstić information content (AvgIpc) is 3.39. The Kier molecular flexibility index (Phi) is 3.02. The number of hydrogen-bond donors (Lipinski definition) is 1. The summed E-state index contributed by atoms with van der Waals surface area (Å²) < 4.78 is 8.45. The maximum atomic E-state index is 12.5. The molecule has 0 bridgehead atoms. The second-order valence-electron chi connectivity index (χ2n) is 5.79. The Bertz CT molecular complexity index is 1290. The summed E-state index contributed by atoms with van der Waals surface area (Å²) in [6.07, 6.45) is 4.58. The maximum Gasteiger partial charge on any atom is 0.274 e. The summed E-state index contributed by atoms with van der Waals surface area (Å²) >= 11 is 0. The van der Waals surface area contributed by atoms with Crippen LogP contribution in [0.4, 0.5) is 0 Å². The van der Waals surface area contributed by atoms with E-state index in [0.717, 1.165) is 23.1 Å². The first-order valence-corrected chi connectivity index (χ1v) is 8.09. The fourth-order valence-electron chi connectivity index (χ4n) is 3.03. The van der Waals surface area contributed by atoms with E-state index in [4.69, 9.17) is 4.42 Å². The Balaban J connectivity index is 1.72. The Morgan fingerprint density at radius 2 is 2.19 bits per heavy atom. The van der Waals surface area contributed by atoms with E-state index in [1.807, 2.05) is 29.8 Å². The molecule has 0 fully saturated rings. The summed E-state index contributed by atoms with van der Waals surface area (Å²) in [5.74, 6) is 0.397. The van der Waals surface area contributed by atoms with Gasteiger partial charge in [0.25, 0.3) is 5.56 Å². The molecule has 0 saturated carbocycles. The second kappa shape index (κ2) is 5.38. The van der Waals surface area contributed by atoms with Gasteiger partial charge in [-0.05, 0) is 19.1 Å².